The summed E-state index contributed by atoms with van der Waals surface area (Å²) in [6.45, 7) is 6.19. The van der Waals surface area contributed by atoms with Crippen LogP contribution in [0.5, 0.6) is 11.5 Å². The van der Waals surface area contributed by atoms with Gasteiger partial charge in [-0.1, -0.05) is 18.2 Å². The van der Waals surface area contributed by atoms with Gasteiger partial charge >= 0.3 is 6.09 Å². The van der Waals surface area contributed by atoms with E-state index in [9.17, 15) is 9.59 Å². The zero-order chi connectivity index (χ0) is 21.3. The molecule has 0 aliphatic carbocycles. The molecule has 1 heterocycles. The second-order valence-corrected chi connectivity index (χ2v) is 6.56. The summed E-state index contributed by atoms with van der Waals surface area (Å²) in [6.07, 6.45) is 2.86. The minimum atomic E-state index is -0.346. The fraction of sp³-hybridized carbons (Fsp3) is 0.304. The molecule has 7 nitrogen and oxygen atoms in total. The Bertz CT molecular complexity index is 926. The Labute approximate surface area is 176 Å². The molecule has 0 bridgehead atoms. The van der Waals surface area contributed by atoms with Gasteiger partial charge in [0.1, 0.15) is 6.61 Å². The van der Waals surface area contributed by atoms with E-state index >= 15 is 0 Å². The number of nitrogens with zero attached hydrogens (tertiary/aromatic N) is 1. The van der Waals surface area contributed by atoms with Crippen LogP contribution in [0.4, 0.5) is 10.5 Å². The predicted molar refractivity (Wildman–Crippen MR) is 115 cm³/mol. The van der Waals surface area contributed by atoms with Crippen LogP contribution in [0.2, 0.25) is 0 Å². The molecule has 0 atom stereocenters. The van der Waals surface area contributed by atoms with Crippen molar-refractivity contribution in [3.8, 4) is 11.5 Å². The maximum absolute atomic E-state index is 12.2. The van der Waals surface area contributed by atoms with Crippen molar-refractivity contribution < 1.29 is 23.8 Å². The minimum absolute atomic E-state index is 0.215. The molecule has 1 saturated heterocycles. The normalized spacial score (nSPS) is 13.4. The lowest BCUT2D eigenvalue weighted by Gasteiger charge is -2.14. The van der Waals surface area contributed by atoms with Gasteiger partial charge in [-0.25, -0.2) is 4.79 Å². The zero-order valence-corrected chi connectivity index (χ0v) is 17.2. The quantitative estimate of drug-likeness (QED) is 0.637. The summed E-state index contributed by atoms with van der Waals surface area (Å²) in [6, 6.07) is 13.0. The Kier molecular flexibility index (Phi) is 7.32. The van der Waals surface area contributed by atoms with E-state index in [4.69, 9.17) is 14.2 Å². The van der Waals surface area contributed by atoms with Crippen LogP contribution >= 0.6 is 0 Å². The first-order valence-electron chi connectivity index (χ1n) is 9.99. The standard InChI is InChI=1S/C23H26N2O5/c1-3-28-20-10-8-17(15-21(20)29-4-2)9-11-22(26)24-16-18-6-5-7-19(14-18)25-12-13-30-23(25)27/h5-11,14-15H,3-4,12-13,16H2,1-2H3,(H,24,26). The number of hydrogen-bond donors (Lipinski definition) is 1. The summed E-state index contributed by atoms with van der Waals surface area (Å²) < 4.78 is 16.1. The topological polar surface area (TPSA) is 77.1 Å². The number of cyclic esters (lactones) is 1. The number of benzene rings is 2. The highest BCUT2D eigenvalue weighted by Crippen LogP contribution is 2.29. The number of hydrogen-bond acceptors (Lipinski definition) is 5. The molecule has 1 N–H and O–H groups in total. The van der Waals surface area contributed by atoms with Gasteiger partial charge in [0.2, 0.25) is 5.91 Å². The molecule has 0 aromatic heterocycles. The van der Waals surface area contributed by atoms with Crippen molar-refractivity contribution >= 4 is 23.8 Å². The third-order valence-electron chi connectivity index (χ3n) is 4.44. The summed E-state index contributed by atoms with van der Waals surface area (Å²) in [7, 11) is 0. The SMILES string of the molecule is CCOc1ccc(C=CC(=O)NCc2cccc(N3CCOC3=O)c2)cc1OCC. The summed E-state index contributed by atoms with van der Waals surface area (Å²) in [5.74, 6) is 1.12. The van der Waals surface area contributed by atoms with Gasteiger partial charge in [0.15, 0.2) is 11.5 Å². The van der Waals surface area contributed by atoms with Crippen LogP contribution in [-0.2, 0) is 16.1 Å². The second kappa shape index (κ2) is 10.3. The van der Waals surface area contributed by atoms with Crippen LogP contribution in [-0.4, -0.2) is 38.4 Å². The van der Waals surface area contributed by atoms with Crippen molar-refractivity contribution in [2.45, 2.75) is 20.4 Å². The van der Waals surface area contributed by atoms with Crippen molar-refractivity contribution in [1.82, 2.24) is 5.32 Å². The van der Waals surface area contributed by atoms with Crippen molar-refractivity contribution in [3.63, 3.8) is 0 Å². The minimum Gasteiger partial charge on any atom is -0.490 e. The monoisotopic (exact) mass is 410 g/mol. The number of nitrogens with one attached hydrogen (secondary N) is 1. The molecule has 2 aromatic rings. The maximum atomic E-state index is 12.2. The number of amides is 2. The largest absolute Gasteiger partial charge is 0.490 e. The van der Waals surface area contributed by atoms with Gasteiger partial charge in [0.05, 0.1) is 19.8 Å². The lowest BCUT2D eigenvalue weighted by atomic mass is 10.1. The number of rotatable bonds is 9. The molecule has 2 aromatic carbocycles. The van der Waals surface area contributed by atoms with Crippen molar-refractivity contribution in [1.29, 1.82) is 0 Å². The van der Waals surface area contributed by atoms with Crippen LogP contribution in [0.3, 0.4) is 0 Å². The molecule has 0 spiro atoms. The molecule has 1 aliphatic rings. The number of anilines is 1. The first-order valence-corrected chi connectivity index (χ1v) is 9.99. The fourth-order valence-corrected chi connectivity index (χ4v) is 3.05. The van der Waals surface area contributed by atoms with Crippen LogP contribution in [0.25, 0.3) is 6.08 Å². The molecule has 0 unspecified atom stereocenters. The van der Waals surface area contributed by atoms with E-state index in [-0.39, 0.29) is 12.0 Å². The molecule has 0 radical (unpaired) electrons. The predicted octanol–water partition coefficient (Wildman–Crippen LogP) is 3.77. The summed E-state index contributed by atoms with van der Waals surface area (Å²) in [5, 5.41) is 2.85. The average molecular weight is 410 g/mol. The lowest BCUT2D eigenvalue weighted by Crippen LogP contribution is -2.24. The second-order valence-electron chi connectivity index (χ2n) is 6.56. The fourth-order valence-electron chi connectivity index (χ4n) is 3.05. The summed E-state index contributed by atoms with van der Waals surface area (Å²) in [5.41, 5.74) is 2.50. The van der Waals surface area contributed by atoms with E-state index in [0.29, 0.717) is 44.4 Å². The smallest absolute Gasteiger partial charge is 0.414 e. The van der Waals surface area contributed by atoms with Crippen molar-refractivity contribution in [2.24, 2.45) is 0 Å². The number of ether oxygens (including phenoxy) is 3. The Morgan fingerprint density at radius 3 is 2.67 bits per heavy atom. The van der Waals surface area contributed by atoms with Crippen LogP contribution < -0.4 is 19.7 Å². The van der Waals surface area contributed by atoms with Gasteiger partial charge in [0.25, 0.3) is 0 Å². The van der Waals surface area contributed by atoms with E-state index in [0.717, 1.165) is 16.8 Å². The number of carbonyl (C=O) groups excluding carboxylic acids is 2. The van der Waals surface area contributed by atoms with Gasteiger partial charge in [-0.15, -0.1) is 0 Å². The van der Waals surface area contributed by atoms with Gasteiger partial charge in [-0.05, 0) is 55.3 Å². The van der Waals surface area contributed by atoms with Gasteiger partial charge in [0, 0.05) is 18.3 Å². The first-order chi connectivity index (χ1) is 14.6. The van der Waals surface area contributed by atoms with E-state index in [1.165, 1.54) is 6.08 Å². The van der Waals surface area contributed by atoms with Gasteiger partial charge in [-0.2, -0.15) is 0 Å². The summed E-state index contributed by atoms with van der Waals surface area (Å²) >= 11 is 0. The van der Waals surface area contributed by atoms with Gasteiger partial charge in [-0.3, -0.25) is 9.69 Å². The van der Waals surface area contributed by atoms with E-state index in [1.807, 2.05) is 56.3 Å². The van der Waals surface area contributed by atoms with Crippen LogP contribution in [0.15, 0.2) is 48.5 Å². The van der Waals surface area contributed by atoms with E-state index in [1.54, 1.807) is 11.0 Å². The van der Waals surface area contributed by atoms with Crippen molar-refractivity contribution in [3.05, 3.63) is 59.7 Å². The molecule has 0 saturated carbocycles. The van der Waals surface area contributed by atoms with Crippen LogP contribution in [0, 0.1) is 0 Å². The maximum Gasteiger partial charge on any atom is 0.414 e. The molecule has 2 amide bonds. The van der Waals surface area contributed by atoms with Gasteiger partial charge < -0.3 is 19.5 Å². The Hall–Kier alpha value is -3.48. The molecular weight excluding hydrogens is 384 g/mol. The third kappa shape index (κ3) is 5.53. The lowest BCUT2D eigenvalue weighted by molar-refractivity contribution is -0.116. The highest BCUT2D eigenvalue weighted by atomic mass is 16.6. The van der Waals surface area contributed by atoms with Crippen LogP contribution in [0.1, 0.15) is 25.0 Å². The highest BCUT2D eigenvalue weighted by molar-refractivity contribution is 5.92. The molecule has 30 heavy (non-hydrogen) atoms. The van der Waals surface area contributed by atoms with Crippen molar-refractivity contribution in [2.75, 3.05) is 31.3 Å². The average Bonchev–Trinajstić information content (AvgIpc) is 3.19. The Morgan fingerprint density at radius 2 is 1.93 bits per heavy atom. The molecule has 1 aliphatic heterocycles. The Morgan fingerprint density at radius 1 is 1.13 bits per heavy atom. The third-order valence-corrected chi connectivity index (χ3v) is 4.44. The Balaban J connectivity index is 1.59. The zero-order valence-electron chi connectivity index (χ0n) is 17.2. The van der Waals surface area contributed by atoms with E-state index in [2.05, 4.69) is 5.32 Å². The number of carbonyl (C=O) groups is 2. The highest BCUT2D eigenvalue weighted by Gasteiger charge is 2.23. The first kappa shape index (κ1) is 21.2. The summed E-state index contributed by atoms with van der Waals surface area (Å²) in [4.78, 5) is 25.5. The molecule has 3 rings (SSSR count). The molecular formula is C23H26N2O5. The molecule has 158 valence electrons. The molecule has 1 fully saturated rings. The molecule has 7 heteroatoms. The van der Waals surface area contributed by atoms with E-state index < -0.39 is 0 Å².